The van der Waals surface area contributed by atoms with Crippen molar-refractivity contribution in [3.8, 4) is 0 Å². The Morgan fingerprint density at radius 1 is 1.78 bits per heavy atom. The van der Waals surface area contributed by atoms with Gasteiger partial charge in [-0.1, -0.05) is 18.3 Å². The summed E-state index contributed by atoms with van der Waals surface area (Å²) in [6.45, 7) is 0.755. The second-order valence-electron chi connectivity index (χ2n) is 1.95. The summed E-state index contributed by atoms with van der Waals surface area (Å²) < 4.78 is 0. The number of rotatable bonds is 0. The van der Waals surface area contributed by atoms with Gasteiger partial charge in [-0.05, 0) is 6.08 Å². The lowest BCUT2D eigenvalue weighted by molar-refractivity contribution is -0.109. The average molecular weight is 141 g/mol. The summed E-state index contributed by atoms with van der Waals surface area (Å²) in [5.41, 5.74) is 0. The van der Waals surface area contributed by atoms with E-state index in [0.29, 0.717) is 4.99 Å². The molecular formula is C6H7NOS. The molecule has 48 valence electrons. The molecule has 0 bridgehead atoms. The number of likely N-dealkylation sites (N-methyl/N-ethyl adjacent to an activating group) is 1. The van der Waals surface area contributed by atoms with E-state index in [2.05, 4.69) is 0 Å². The first-order valence-electron chi connectivity index (χ1n) is 2.68. The highest BCUT2D eigenvalue weighted by Crippen LogP contribution is 1.97. The maximum Gasteiger partial charge on any atom is 0.212 e. The predicted molar refractivity (Wildman–Crippen MR) is 39.4 cm³/mol. The van der Waals surface area contributed by atoms with Crippen molar-refractivity contribution in [3.63, 3.8) is 0 Å². The van der Waals surface area contributed by atoms with Gasteiger partial charge in [0.25, 0.3) is 0 Å². The molecule has 9 heavy (non-hydrogen) atoms. The lowest BCUT2D eigenvalue weighted by Crippen LogP contribution is -2.33. The van der Waals surface area contributed by atoms with Crippen molar-refractivity contribution in [2.45, 2.75) is 0 Å². The summed E-state index contributed by atoms with van der Waals surface area (Å²) >= 11 is 4.78. The van der Waals surface area contributed by atoms with Crippen molar-refractivity contribution in [1.29, 1.82) is 0 Å². The minimum atomic E-state index is -0.0567. The van der Waals surface area contributed by atoms with Gasteiger partial charge in [-0.3, -0.25) is 4.79 Å². The number of thiocarbonyl (C=S) groups is 1. The van der Waals surface area contributed by atoms with Crippen LogP contribution in [0, 0.1) is 0 Å². The van der Waals surface area contributed by atoms with Gasteiger partial charge >= 0.3 is 0 Å². The first-order chi connectivity index (χ1) is 4.22. The van der Waals surface area contributed by atoms with Crippen molar-refractivity contribution >= 4 is 23.0 Å². The Kier molecular flexibility index (Phi) is 1.62. The van der Waals surface area contributed by atoms with Gasteiger partial charge in [-0.2, -0.15) is 0 Å². The van der Waals surface area contributed by atoms with E-state index in [1.165, 1.54) is 6.08 Å². The monoisotopic (exact) mass is 141 g/mol. The fraction of sp³-hybridized carbons (Fsp3) is 0.333. The van der Waals surface area contributed by atoms with Gasteiger partial charge in [-0.25, -0.2) is 0 Å². The lowest BCUT2D eigenvalue weighted by Gasteiger charge is -2.18. The van der Waals surface area contributed by atoms with Crippen LogP contribution in [0.2, 0.25) is 0 Å². The number of carbonyl (C=O) groups excluding carboxylic acids is 1. The van der Waals surface area contributed by atoms with Gasteiger partial charge in [0.15, 0.2) is 0 Å². The van der Waals surface area contributed by atoms with Crippen molar-refractivity contribution in [3.05, 3.63) is 12.2 Å². The molecule has 2 nitrogen and oxygen atoms in total. The first kappa shape index (κ1) is 6.42. The molecule has 3 heteroatoms. The highest BCUT2D eigenvalue weighted by atomic mass is 32.1. The molecule has 0 aromatic rings. The van der Waals surface area contributed by atoms with Gasteiger partial charge in [0.05, 0.1) is 0 Å². The van der Waals surface area contributed by atoms with E-state index in [-0.39, 0.29) is 5.78 Å². The van der Waals surface area contributed by atoms with E-state index < -0.39 is 0 Å². The van der Waals surface area contributed by atoms with E-state index in [1.807, 2.05) is 7.05 Å². The fourth-order valence-electron chi connectivity index (χ4n) is 0.660. The molecule has 0 spiro atoms. The zero-order valence-corrected chi connectivity index (χ0v) is 5.94. The van der Waals surface area contributed by atoms with E-state index in [9.17, 15) is 4.79 Å². The van der Waals surface area contributed by atoms with Crippen LogP contribution in [0.5, 0.6) is 0 Å². The van der Waals surface area contributed by atoms with Gasteiger partial charge in [-0.15, -0.1) is 0 Å². The van der Waals surface area contributed by atoms with Crippen molar-refractivity contribution in [2.24, 2.45) is 0 Å². The molecule has 0 aromatic heterocycles. The smallest absolute Gasteiger partial charge is 0.212 e. The highest BCUT2D eigenvalue weighted by Gasteiger charge is 2.13. The normalized spacial score (nSPS) is 19.0. The minimum Gasteiger partial charge on any atom is -0.359 e. The van der Waals surface area contributed by atoms with Crippen LogP contribution in [-0.2, 0) is 4.79 Å². The second-order valence-corrected chi connectivity index (χ2v) is 2.34. The molecule has 0 unspecified atom stereocenters. The van der Waals surface area contributed by atoms with Crippen LogP contribution in [0.4, 0.5) is 0 Å². The molecule has 0 N–H and O–H groups in total. The third-order valence-corrected chi connectivity index (χ3v) is 1.72. The molecule has 1 heterocycles. The van der Waals surface area contributed by atoms with Crippen LogP contribution in [-0.4, -0.2) is 29.3 Å². The number of hydrogen-bond acceptors (Lipinski definition) is 2. The third-order valence-electron chi connectivity index (χ3n) is 1.21. The Balaban J connectivity index is 2.81. The molecule has 1 aliphatic heterocycles. The number of nitrogens with zero attached hydrogens (tertiary/aromatic N) is 1. The van der Waals surface area contributed by atoms with Crippen LogP contribution < -0.4 is 0 Å². The van der Waals surface area contributed by atoms with Gasteiger partial charge < -0.3 is 4.90 Å². The minimum absolute atomic E-state index is 0.0567. The Morgan fingerprint density at radius 3 is 2.89 bits per heavy atom. The van der Waals surface area contributed by atoms with E-state index >= 15 is 0 Å². The summed E-state index contributed by atoms with van der Waals surface area (Å²) in [4.78, 5) is 12.9. The lowest BCUT2D eigenvalue weighted by atomic mass is 10.2. The number of ketones is 1. The molecule has 0 amide bonds. The molecule has 1 rings (SSSR count). The number of carbonyl (C=O) groups is 1. The molecule has 1 aliphatic rings. The second kappa shape index (κ2) is 2.27. The Bertz CT molecular complexity index is 185. The summed E-state index contributed by atoms with van der Waals surface area (Å²) in [7, 11) is 1.81. The Morgan fingerprint density at radius 2 is 2.44 bits per heavy atom. The quantitative estimate of drug-likeness (QED) is 0.455. The van der Waals surface area contributed by atoms with E-state index in [1.54, 1.807) is 11.0 Å². The summed E-state index contributed by atoms with van der Waals surface area (Å²) in [5, 5.41) is 0. The molecule has 0 atom stereocenters. The topological polar surface area (TPSA) is 20.3 Å². The summed E-state index contributed by atoms with van der Waals surface area (Å²) in [5.74, 6) is -0.0567. The Labute approximate surface area is 59.1 Å². The van der Waals surface area contributed by atoms with E-state index in [0.717, 1.165) is 6.54 Å². The standard InChI is InChI=1S/C6H7NOS/c1-7-4-2-3-5(8)6(7)9/h2-3H,4H2,1H3. The van der Waals surface area contributed by atoms with Crippen LogP contribution in [0.25, 0.3) is 0 Å². The number of hydrogen-bond donors (Lipinski definition) is 0. The first-order valence-corrected chi connectivity index (χ1v) is 3.08. The SMILES string of the molecule is CN1CC=CC(=O)C1=S. The van der Waals surface area contributed by atoms with Crippen molar-refractivity contribution in [2.75, 3.05) is 13.6 Å². The maximum atomic E-state index is 10.7. The zero-order valence-electron chi connectivity index (χ0n) is 5.13. The van der Waals surface area contributed by atoms with Gasteiger partial charge in [0.2, 0.25) is 5.78 Å². The van der Waals surface area contributed by atoms with Crippen molar-refractivity contribution < 1.29 is 4.79 Å². The molecule has 0 aromatic carbocycles. The third kappa shape index (κ3) is 1.16. The van der Waals surface area contributed by atoms with Gasteiger partial charge in [0.1, 0.15) is 4.99 Å². The summed E-state index contributed by atoms with van der Waals surface area (Å²) in [6, 6.07) is 0. The average Bonchev–Trinajstić information content (AvgIpc) is 1.83. The molecule has 0 aliphatic carbocycles. The Hall–Kier alpha value is -0.700. The molecule has 0 fully saturated rings. The zero-order chi connectivity index (χ0) is 6.85. The molecule has 0 radical (unpaired) electrons. The van der Waals surface area contributed by atoms with Crippen LogP contribution in [0.1, 0.15) is 0 Å². The van der Waals surface area contributed by atoms with Crippen molar-refractivity contribution in [1.82, 2.24) is 4.90 Å². The predicted octanol–water partition coefficient (Wildman–Crippen LogP) is 0.384. The van der Waals surface area contributed by atoms with E-state index in [4.69, 9.17) is 12.2 Å². The maximum absolute atomic E-state index is 10.7. The largest absolute Gasteiger partial charge is 0.359 e. The van der Waals surface area contributed by atoms with Gasteiger partial charge in [0, 0.05) is 13.6 Å². The van der Waals surface area contributed by atoms with Crippen LogP contribution >= 0.6 is 12.2 Å². The summed E-state index contributed by atoms with van der Waals surface area (Å²) in [6.07, 6.45) is 3.32. The molecular weight excluding hydrogens is 134 g/mol. The van der Waals surface area contributed by atoms with Crippen LogP contribution in [0.15, 0.2) is 12.2 Å². The molecule has 0 saturated carbocycles. The fourth-order valence-corrected chi connectivity index (χ4v) is 0.803. The van der Waals surface area contributed by atoms with Crippen LogP contribution in [0.3, 0.4) is 0 Å². The molecule has 0 saturated heterocycles. The highest BCUT2D eigenvalue weighted by molar-refractivity contribution is 7.82.